The van der Waals surface area contributed by atoms with Crippen molar-refractivity contribution in [3.05, 3.63) is 41.7 Å². The Balaban J connectivity index is 1.86. The van der Waals surface area contributed by atoms with Crippen LogP contribution in [-0.2, 0) is 11.8 Å². The number of hydrogen-bond donors (Lipinski definition) is 2. The van der Waals surface area contributed by atoms with Crippen LogP contribution < -0.4 is 10.2 Å². The molecule has 0 saturated heterocycles. The van der Waals surface area contributed by atoms with Crippen LogP contribution in [0.4, 0.5) is 0 Å². The van der Waals surface area contributed by atoms with Gasteiger partial charge >= 0.3 is 0 Å². The number of hydrogen-bond acceptors (Lipinski definition) is 4. The molecule has 1 aromatic heterocycles. The number of aromatic nitrogens is 3. The van der Waals surface area contributed by atoms with E-state index < -0.39 is 0 Å². The number of nitrogens with one attached hydrogen (secondary N) is 2. The highest BCUT2D eigenvalue weighted by Crippen LogP contribution is 2.14. The third-order valence-corrected chi connectivity index (χ3v) is 4.81. The predicted molar refractivity (Wildman–Crippen MR) is 91.5 cm³/mol. The minimum Gasteiger partial charge on any atom is -0.349 e. The van der Waals surface area contributed by atoms with Crippen molar-refractivity contribution in [3.63, 3.8) is 0 Å². The molecule has 2 rings (SSSR count). The van der Waals surface area contributed by atoms with Gasteiger partial charge in [0.25, 0.3) is 0 Å². The Morgan fingerprint density at radius 1 is 1.30 bits per heavy atom. The molecule has 2 N–H and O–H groups in total. The van der Waals surface area contributed by atoms with Gasteiger partial charge in [-0.25, -0.2) is 0 Å². The Morgan fingerprint density at radius 2 is 2.00 bits per heavy atom. The minimum atomic E-state index is 0.0119. The van der Waals surface area contributed by atoms with Crippen LogP contribution in [0.3, 0.4) is 0 Å². The first-order valence-corrected chi connectivity index (χ1v) is 8.58. The van der Waals surface area contributed by atoms with Crippen LogP contribution >= 0.6 is 11.8 Å². The normalized spacial score (nSPS) is 12.4. The van der Waals surface area contributed by atoms with Crippen molar-refractivity contribution in [2.75, 3.05) is 26.4 Å². The third-order valence-electron chi connectivity index (χ3n) is 3.79. The molecule has 0 fully saturated rings. The first-order chi connectivity index (χ1) is 11.0. The van der Waals surface area contributed by atoms with E-state index in [0.717, 1.165) is 11.0 Å². The molecular formula is C16H24N5OS+. The minimum absolute atomic E-state index is 0.0119. The molecule has 2 aromatic rings. The first-order valence-electron chi connectivity index (χ1n) is 7.59. The van der Waals surface area contributed by atoms with Crippen molar-refractivity contribution < 1.29 is 9.69 Å². The third kappa shape index (κ3) is 4.80. The zero-order valence-corrected chi connectivity index (χ0v) is 14.9. The van der Waals surface area contributed by atoms with Crippen LogP contribution in [-0.4, -0.2) is 47.1 Å². The predicted octanol–water partition coefficient (Wildman–Crippen LogP) is 0.218. The molecule has 23 heavy (non-hydrogen) atoms. The number of rotatable bonds is 7. The van der Waals surface area contributed by atoms with Crippen molar-refractivity contribution in [1.29, 1.82) is 0 Å². The van der Waals surface area contributed by atoms with E-state index in [1.807, 2.05) is 36.7 Å². The van der Waals surface area contributed by atoms with E-state index in [9.17, 15) is 4.79 Å². The molecule has 1 aromatic carbocycles. The maximum atomic E-state index is 12.1. The zero-order valence-electron chi connectivity index (χ0n) is 14.0. The Labute approximate surface area is 141 Å². The van der Waals surface area contributed by atoms with E-state index in [4.69, 9.17) is 0 Å². The van der Waals surface area contributed by atoms with E-state index in [1.165, 1.54) is 22.2 Å². The second-order valence-electron chi connectivity index (χ2n) is 5.72. The lowest BCUT2D eigenvalue weighted by atomic mass is 10.1. The molecule has 0 unspecified atom stereocenters. The van der Waals surface area contributed by atoms with E-state index in [2.05, 4.69) is 41.7 Å². The van der Waals surface area contributed by atoms with Gasteiger partial charge in [-0.1, -0.05) is 42.1 Å². The first kappa shape index (κ1) is 17.5. The van der Waals surface area contributed by atoms with Gasteiger partial charge in [0.15, 0.2) is 5.16 Å². The van der Waals surface area contributed by atoms with Gasteiger partial charge in [0.2, 0.25) is 5.91 Å². The number of benzene rings is 1. The fourth-order valence-corrected chi connectivity index (χ4v) is 3.04. The summed E-state index contributed by atoms with van der Waals surface area (Å²) in [6.07, 6.45) is 0. The molecule has 0 spiro atoms. The molecule has 0 saturated carbocycles. The molecule has 0 aliphatic rings. The fourth-order valence-electron chi connectivity index (χ4n) is 2.25. The smallest absolute Gasteiger partial charge is 0.230 e. The monoisotopic (exact) mass is 334 g/mol. The van der Waals surface area contributed by atoms with Crippen LogP contribution in [0, 0.1) is 6.92 Å². The average Bonchev–Trinajstić information content (AvgIpc) is 2.85. The summed E-state index contributed by atoms with van der Waals surface area (Å²) in [6, 6.07) is 10.5. The van der Waals surface area contributed by atoms with Crippen molar-refractivity contribution in [3.8, 4) is 0 Å². The summed E-state index contributed by atoms with van der Waals surface area (Å²) in [4.78, 5) is 13.4. The number of carbonyl (C=O) groups is 1. The van der Waals surface area contributed by atoms with Gasteiger partial charge in [-0.15, -0.1) is 10.2 Å². The number of aryl methyl sites for hydroxylation is 1. The quantitative estimate of drug-likeness (QED) is 0.711. The van der Waals surface area contributed by atoms with Crippen LogP contribution in [0.15, 0.2) is 35.5 Å². The van der Waals surface area contributed by atoms with Crippen molar-refractivity contribution in [2.24, 2.45) is 7.05 Å². The van der Waals surface area contributed by atoms with Gasteiger partial charge in [0.1, 0.15) is 11.9 Å². The Bertz CT molecular complexity index is 641. The van der Waals surface area contributed by atoms with Gasteiger partial charge in [-0.05, 0) is 6.92 Å². The Hall–Kier alpha value is -1.86. The number of carbonyl (C=O) groups excluding carboxylic acids is 1. The highest BCUT2D eigenvalue weighted by Gasteiger charge is 2.18. The van der Waals surface area contributed by atoms with Crippen molar-refractivity contribution in [2.45, 2.75) is 18.1 Å². The topological polar surface area (TPSA) is 64.2 Å². The summed E-state index contributed by atoms with van der Waals surface area (Å²) in [6.45, 7) is 2.50. The molecule has 0 aliphatic heterocycles. The van der Waals surface area contributed by atoms with Gasteiger partial charge in [0.05, 0.1) is 26.4 Å². The molecular weight excluding hydrogens is 310 g/mol. The highest BCUT2D eigenvalue weighted by atomic mass is 32.2. The lowest BCUT2D eigenvalue weighted by Gasteiger charge is -2.22. The lowest BCUT2D eigenvalue weighted by Crippen LogP contribution is -3.07. The van der Waals surface area contributed by atoms with Crippen LogP contribution in [0.2, 0.25) is 0 Å². The van der Waals surface area contributed by atoms with E-state index in [1.54, 1.807) is 0 Å². The summed E-state index contributed by atoms with van der Waals surface area (Å²) in [7, 11) is 6.10. The summed E-state index contributed by atoms with van der Waals surface area (Å²) in [5.41, 5.74) is 1.23. The molecule has 1 atom stereocenters. The maximum absolute atomic E-state index is 12.1. The van der Waals surface area contributed by atoms with Crippen LogP contribution in [0.1, 0.15) is 17.4 Å². The second kappa shape index (κ2) is 8.12. The molecule has 1 heterocycles. The summed E-state index contributed by atoms with van der Waals surface area (Å²) in [5, 5.41) is 11.8. The maximum Gasteiger partial charge on any atom is 0.230 e. The van der Waals surface area contributed by atoms with Gasteiger partial charge in [-0.3, -0.25) is 4.79 Å². The molecule has 0 radical (unpaired) electrons. The molecule has 7 heteroatoms. The molecule has 124 valence electrons. The van der Waals surface area contributed by atoms with E-state index >= 15 is 0 Å². The summed E-state index contributed by atoms with van der Waals surface area (Å²) >= 11 is 1.40. The highest BCUT2D eigenvalue weighted by molar-refractivity contribution is 7.99. The van der Waals surface area contributed by atoms with Crippen LogP contribution in [0.5, 0.6) is 0 Å². The Kier molecular flexibility index (Phi) is 6.18. The number of likely N-dealkylation sites (N-methyl/N-ethyl adjacent to an activating group) is 1. The van der Waals surface area contributed by atoms with E-state index in [-0.39, 0.29) is 11.9 Å². The SMILES string of the molecule is Cc1nnc(SCC(=O)NC[C@@H](c2ccccc2)[NH+](C)C)n1C. The van der Waals surface area contributed by atoms with Crippen molar-refractivity contribution in [1.82, 2.24) is 20.1 Å². The number of amides is 1. The standard InChI is InChI=1S/C16H23N5OS/c1-12-18-19-16(21(12)4)23-11-15(22)17-10-14(20(2)3)13-8-6-5-7-9-13/h5-9,14H,10-11H2,1-4H3,(H,17,22)/p+1/t14-/m0/s1. The summed E-state index contributed by atoms with van der Waals surface area (Å²) in [5.74, 6) is 1.20. The van der Waals surface area contributed by atoms with Gasteiger partial charge < -0.3 is 14.8 Å². The zero-order chi connectivity index (χ0) is 16.8. The lowest BCUT2D eigenvalue weighted by molar-refractivity contribution is -0.890. The number of thioether (sulfide) groups is 1. The second-order valence-corrected chi connectivity index (χ2v) is 6.66. The fraction of sp³-hybridized carbons (Fsp3) is 0.438. The number of nitrogens with zero attached hydrogens (tertiary/aromatic N) is 3. The molecule has 1 amide bonds. The Morgan fingerprint density at radius 3 is 2.57 bits per heavy atom. The van der Waals surface area contributed by atoms with Crippen LogP contribution in [0.25, 0.3) is 0 Å². The van der Waals surface area contributed by atoms with Gasteiger partial charge in [-0.2, -0.15) is 0 Å². The van der Waals surface area contributed by atoms with Crippen molar-refractivity contribution >= 4 is 17.7 Å². The average molecular weight is 334 g/mol. The van der Waals surface area contributed by atoms with Gasteiger partial charge in [0, 0.05) is 12.6 Å². The van der Waals surface area contributed by atoms with E-state index in [0.29, 0.717) is 12.3 Å². The summed E-state index contributed by atoms with van der Waals surface area (Å²) < 4.78 is 1.88. The molecule has 0 bridgehead atoms. The molecule has 6 nitrogen and oxygen atoms in total. The molecule has 0 aliphatic carbocycles. The largest absolute Gasteiger partial charge is 0.349 e. The number of quaternary nitrogens is 1.